The minimum absolute atomic E-state index is 0.0943. The summed E-state index contributed by atoms with van der Waals surface area (Å²) in [6, 6.07) is 8.01. The standard InChI is InChI=1S/C18H28N2OS2/c1-6-7-12-18(4,5)20(13-14(2)3)23(21)17-19-15-10-8-9-11-16(15)22-17/h8-11,14H,6-7,12-13H2,1-5H3. The van der Waals surface area contributed by atoms with Crippen molar-refractivity contribution in [1.82, 2.24) is 9.29 Å². The van der Waals surface area contributed by atoms with E-state index >= 15 is 0 Å². The van der Waals surface area contributed by atoms with Crippen LogP contribution in [0.5, 0.6) is 0 Å². The number of para-hydroxylation sites is 1. The second-order valence-electron chi connectivity index (χ2n) is 7.07. The molecular weight excluding hydrogens is 324 g/mol. The fraction of sp³-hybridized carbons (Fsp3) is 0.611. The Bertz CT molecular complexity index is 631. The van der Waals surface area contributed by atoms with Crippen molar-refractivity contribution in [2.24, 2.45) is 5.92 Å². The van der Waals surface area contributed by atoms with E-state index in [1.54, 1.807) is 11.3 Å². The van der Waals surface area contributed by atoms with Crippen LogP contribution in [-0.4, -0.2) is 25.6 Å². The van der Waals surface area contributed by atoms with E-state index in [2.05, 4.69) is 43.9 Å². The summed E-state index contributed by atoms with van der Waals surface area (Å²) in [5, 5.41) is 0. The topological polar surface area (TPSA) is 33.2 Å². The van der Waals surface area contributed by atoms with Crippen molar-refractivity contribution in [2.45, 2.75) is 63.8 Å². The molecule has 0 N–H and O–H groups in total. The van der Waals surface area contributed by atoms with E-state index in [1.165, 1.54) is 0 Å². The Morgan fingerprint density at radius 2 is 2.00 bits per heavy atom. The van der Waals surface area contributed by atoms with Crippen LogP contribution in [0.2, 0.25) is 0 Å². The van der Waals surface area contributed by atoms with Gasteiger partial charge in [0.25, 0.3) is 0 Å². The van der Waals surface area contributed by atoms with Gasteiger partial charge in [-0.25, -0.2) is 13.5 Å². The maximum Gasteiger partial charge on any atom is 0.197 e. The van der Waals surface area contributed by atoms with Gasteiger partial charge >= 0.3 is 0 Å². The average molecular weight is 353 g/mol. The van der Waals surface area contributed by atoms with Gasteiger partial charge < -0.3 is 0 Å². The molecule has 3 nitrogen and oxygen atoms in total. The summed E-state index contributed by atoms with van der Waals surface area (Å²) in [6.07, 6.45) is 3.36. The van der Waals surface area contributed by atoms with Gasteiger partial charge in [0.05, 0.1) is 10.2 Å². The highest BCUT2D eigenvalue weighted by atomic mass is 32.2. The SMILES string of the molecule is CCCCC(C)(C)N(CC(C)C)S(=O)c1nc2ccccc2s1. The van der Waals surface area contributed by atoms with Crippen LogP contribution in [0.1, 0.15) is 53.9 Å². The Balaban J connectivity index is 2.31. The fourth-order valence-corrected chi connectivity index (χ4v) is 5.49. The van der Waals surface area contributed by atoms with E-state index in [4.69, 9.17) is 0 Å². The average Bonchev–Trinajstić information content (AvgIpc) is 2.93. The molecule has 1 aromatic carbocycles. The molecule has 1 unspecified atom stereocenters. The van der Waals surface area contributed by atoms with Crippen molar-refractivity contribution in [2.75, 3.05) is 6.54 Å². The molecule has 23 heavy (non-hydrogen) atoms. The van der Waals surface area contributed by atoms with Crippen molar-refractivity contribution in [3.05, 3.63) is 24.3 Å². The molecule has 0 aliphatic carbocycles. The third-order valence-electron chi connectivity index (χ3n) is 3.97. The van der Waals surface area contributed by atoms with Crippen LogP contribution < -0.4 is 0 Å². The van der Waals surface area contributed by atoms with Gasteiger partial charge in [0.2, 0.25) is 0 Å². The Labute approximate surface area is 146 Å². The number of fused-ring (bicyclic) bond motifs is 1. The normalized spacial score (nSPS) is 14.0. The minimum atomic E-state index is -1.21. The van der Waals surface area contributed by atoms with Gasteiger partial charge in [-0.1, -0.05) is 45.7 Å². The number of hydrogen-bond acceptors (Lipinski definition) is 3. The molecule has 5 heteroatoms. The first-order valence-electron chi connectivity index (χ1n) is 8.40. The zero-order chi connectivity index (χ0) is 17.0. The molecule has 0 bridgehead atoms. The molecule has 0 aliphatic heterocycles. The first-order chi connectivity index (χ1) is 10.8. The Morgan fingerprint density at radius 3 is 2.61 bits per heavy atom. The van der Waals surface area contributed by atoms with Gasteiger partial charge in [-0.3, -0.25) is 0 Å². The highest BCUT2D eigenvalue weighted by Crippen LogP contribution is 2.31. The minimum Gasteiger partial charge on any atom is -0.235 e. The van der Waals surface area contributed by atoms with Gasteiger partial charge in [-0.15, -0.1) is 11.3 Å². The number of unbranched alkanes of at least 4 members (excludes halogenated alkanes) is 1. The Kier molecular flexibility index (Phi) is 6.34. The first-order valence-corrected chi connectivity index (χ1v) is 10.3. The predicted molar refractivity (Wildman–Crippen MR) is 101 cm³/mol. The summed E-state index contributed by atoms with van der Waals surface area (Å²) in [5.41, 5.74) is 0.847. The zero-order valence-corrected chi connectivity index (χ0v) is 16.5. The van der Waals surface area contributed by atoms with Crippen molar-refractivity contribution < 1.29 is 4.21 Å². The molecule has 0 fully saturated rings. The van der Waals surface area contributed by atoms with Crippen molar-refractivity contribution >= 4 is 32.5 Å². The molecule has 0 radical (unpaired) electrons. The van der Waals surface area contributed by atoms with Gasteiger partial charge in [0.15, 0.2) is 15.3 Å². The van der Waals surface area contributed by atoms with Gasteiger partial charge in [0, 0.05) is 12.1 Å². The maximum atomic E-state index is 13.2. The molecule has 128 valence electrons. The lowest BCUT2D eigenvalue weighted by molar-refractivity contribution is 0.201. The van der Waals surface area contributed by atoms with Crippen molar-refractivity contribution in [3.63, 3.8) is 0 Å². The Hall–Kier alpha value is -0.780. The highest BCUT2D eigenvalue weighted by Gasteiger charge is 2.33. The predicted octanol–water partition coefficient (Wildman–Crippen LogP) is 5.25. The van der Waals surface area contributed by atoms with Crippen LogP contribution in [0.4, 0.5) is 0 Å². The number of benzene rings is 1. The molecule has 1 aromatic heterocycles. The van der Waals surface area contributed by atoms with E-state index in [1.807, 2.05) is 24.3 Å². The van der Waals surface area contributed by atoms with E-state index in [9.17, 15) is 4.21 Å². The third kappa shape index (κ3) is 4.61. The molecular formula is C18H28N2OS2. The summed E-state index contributed by atoms with van der Waals surface area (Å²) < 4.78 is 17.2. The number of nitrogens with zero attached hydrogens (tertiary/aromatic N) is 2. The second-order valence-corrected chi connectivity index (χ2v) is 9.68. The molecule has 0 spiro atoms. The largest absolute Gasteiger partial charge is 0.235 e. The van der Waals surface area contributed by atoms with Gasteiger partial charge in [-0.05, 0) is 38.3 Å². The molecule has 1 heterocycles. The highest BCUT2D eigenvalue weighted by molar-refractivity contribution is 7.85. The molecule has 2 rings (SSSR count). The van der Waals surface area contributed by atoms with Gasteiger partial charge in [-0.2, -0.15) is 0 Å². The van der Waals surface area contributed by atoms with E-state index in [0.29, 0.717) is 5.92 Å². The number of rotatable bonds is 8. The van der Waals surface area contributed by atoms with Crippen LogP contribution in [-0.2, 0) is 11.0 Å². The molecule has 2 aromatic rings. The summed E-state index contributed by atoms with van der Waals surface area (Å²) in [6.45, 7) is 11.8. The van der Waals surface area contributed by atoms with Crippen molar-refractivity contribution in [1.29, 1.82) is 0 Å². The van der Waals surface area contributed by atoms with Crippen LogP contribution in [0, 0.1) is 5.92 Å². The van der Waals surface area contributed by atoms with Crippen molar-refractivity contribution in [3.8, 4) is 0 Å². The first kappa shape index (κ1) is 18.6. The molecule has 1 atom stereocenters. The lowest BCUT2D eigenvalue weighted by Gasteiger charge is -2.37. The zero-order valence-electron chi connectivity index (χ0n) is 14.8. The summed E-state index contributed by atoms with van der Waals surface area (Å²) in [4.78, 5) is 4.61. The Morgan fingerprint density at radius 1 is 1.30 bits per heavy atom. The molecule has 0 saturated heterocycles. The van der Waals surface area contributed by atoms with Gasteiger partial charge in [0.1, 0.15) is 0 Å². The summed E-state index contributed by atoms with van der Waals surface area (Å²) in [7, 11) is -1.21. The fourth-order valence-electron chi connectivity index (χ4n) is 2.63. The lowest BCUT2D eigenvalue weighted by atomic mass is 9.96. The number of hydrogen-bond donors (Lipinski definition) is 0. The van der Waals surface area contributed by atoms with Crippen LogP contribution in [0.3, 0.4) is 0 Å². The second kappa shape index (κ2) is 7.86. The third-order valence-corrected chi connectivity index (χ3v) is 6.91. The molecule has 0 amide bonds. The molecule has 0 saturated carbocycles. The smallest absolute Gasteiger partial charge is 0.197 e. The number of aromatic nitrogens is 1. The summed E-state index contributed by atoms with van der Waals surface area (Å²) in [5.74, 6) is 0.467. The summed E-state index contributed by atoms with van der Waals surface area (Å²) >= 11 is 1.55. The quantitative estimate of drug-likeness (QED) is 0.650. The van der Waals surface area contributed by atoms with Crippen LogP contribution in [0.15, 0.2) is 28.6 Å². The van der Waals surface area contributed by atoms with Crippen LogP contribution >= 0.6 is 11.3 Å². The lowest BCUT2D eigenvalue weighted by Crippen LogP contribution is -2.46. The monoisotopic (exact) mass is 352 g/mol. The number of thiazole rings is 1. The molecule has 0 aliphatic rings. The van der Waals surface area contributed by atoms with E-state index < -0.39 is 11.0 Å². The van der Waals surface area contributed by atoms with E-state index in [0.717, 1.165) is 40.4 Å². The maximum absolute atomic E-state index is 13.2. The van der Waals surface area contributed by atoms with E-state index in [-0.39, 0.29) is 5.54 Å². The van der Waals surface area contributed by atoms with Crippen LogP contribution in [0.25, 0.3) is 10.2 Å².